The van der Waals surface area contributed by atoms with Crippen LogP contribution < -0.4 is 5.32 Å². The third-order valence-corrected chi connectivity index (χ3v) is 6.42. The molecule has 2 N–H and O–H groups in total. The second kappa shape index (κ2) is 6.06. The van der Waals surface area contributed by atoms with Crippen molar-refractivity contribution in [2.75, 3.05) is 7.05 Å². The average molecular weight is 314 g/mol. The molecule has 2 rings (SSSR count). The summed E-state index contributed by atoms with van der Waals surface area (Å²) >= 11 is 0. The van der Waals surface area contributed by atoms with Crippen LogP contribution in [-0.2, 0) is 16.6 Å². The molecule has 0 bridgehead atoms. The molecule has 0 aromatic carbocycles. The lowest BCUT2D eigenvalue weighted by molar-refractivity contribution is 0.315. The van der Waals surface area contributed by atoms with E-state index in [2.05, 4.69) is 15.5 Å². The maximum atomic E-state index is 12.9. The van der Waals surface area contributed by atoms with E-state index >= 15 is 0 Å². The Morgan fingerprint density at radius 3 is 2.52 bits per heavy atom. The minimum atomic E-state index is -3.53. The summed E-state index contributed by atoms with van der Waals surface area (Å²) in [4.78, 5) is 0.325. The molecule has 21 heavy (non-hydrogen) atoms. The molecule has 1 aliphatic rings. The quantitative estimate of drug-likeness (QED) is 0.802. The minimum absolute atomic E-state index is 0.0615. The van der Waals surface area contributed by atoms with Gasteiger partial charge in [-0.2, -0.15) is 9.40 Å². The molecule has 0 radical (unpaired) electrons. The van der Waals surface area contributed by atoms with Gasteiger partial charge in [-0.3, -0.25) is 5.10 Å². The topological polar surface area (TPSA) is 78.1 Å². The molecule has 1 aliphatic carbocycles. The van der Waals surface area contributed by atoms with Crippen LogP contribution in [0, 0.1) is 12.8 Å². The Balaban J connectivity index is 2.27. The molecule has 1 unspecified atom stereocenters. The number of aromatic amines is 1. The molecule has 6 nitrogen and oxygen atoms in total. The lowest BCUT2D eigenvalue weighted by Gasteiger charge is -2.27. The molecule has 1 aromatic heterocycles. The fourth-order valence-corrected chi connectivity index (χ4v) is 4.06. The summed E-state index contributed by atoms with van der Waals surface area (Å²) < 4.78 is 27.2. The van der Waals surface area contributed by atoms with E-state index in [4.69, 9.17) is 0 Å². The summed E-state index contributed by atoms with van der Waals surface area (Å²) in [5.74, 6) is 0.255. The van der Waals surface area contributed by atoms with Gasteiger partial charge in [-0.15, -0.1) is 0 Å². The number of hydrogen-bond acceptors (Lipinski definition) is 4. The highest BCUT2D eigenvalue weighted by Gasteiger charge is 2.32. The van der Waals surface area contributed by atoms with Gasteiger partial charge in [0.1, 0.15) is 4.90 Å². The molecule has 0 aliphatic heterocycles. The van der Waals surface area contributed by atoms with Crippen LogP contribution in [-0.4, -0.2) is 42.1 Å². The summed E-state index contributed by atoms with van der Waals surface area (Å²) in [6, 6.07) is 0.457. The van der Waals surface area contributed by atoms with Crippen molar-refractivity contribution in [1.82, 2.24) is 19.8 Å². The number of rotatable bonds is 7. The number of aromatic nitrogens is 2. The van der Waals surface area contributed by atoms with Crippen LogP contribution in [0.25, 0.3) is 0 Å². The van der Waals surface area contributed by atoms with Crippen LogP contribution in [0.15, 0.2) is 4.90 Å². The normalized spacial score (nSPS) is 17.7. The first-order valence-electron chi connectivity index (χ1n) is 7.50. The van der Waals surface area contributed by atoms with E-state index in [1.54, 1.807) is 14.0 Å². The largest absolute Gasteiger partial charge is 0.308 e. The molecule has 1 atom stereocenters. The third kappa shape index (κ3) is 3.46. The minimum Gasteiger partial charge on any atom is -0.308 e. The highest BCUT2D eigenvalue weighted by Crippen LogP contribution is 2.26. The number of nitrogens with one attached hydrogen (secondary N) is 2. The maximum absolute atomic E-state index is 12.9. The van der Waals surface area contributed by atoms with E-state index in [0.29, 0.717) is 28.9 Å². The van der Waals surface area contributed by atoms with Crippen molar-refractivity contribution in [2.45, 2.75) is 64.1 Å². The predicted molar refractivity (Wildman–Crippen MR) is 82.4 cm³/mol. The summed E-state index contributed by atoms with van der Waals surface area (Å²) in [6.07, 6.45) is 2.32. The first-order valence-corrected chi connectivity index (χ1v) is 8.94. The lowest BCUT2D eigenvalue weighted by atomic mass is 10.1. The Morgan fingerprint density at radius 2 is 2.00 bits per heavy atom. The Hall–Kier alpha value is -0.920. The fraction of sp³-hybridized carbons (Fsp3) is 0.786. The Kier molecular flexibility index (Phi) is 4.75. The molecule has 1 aromatic rings. The zero-order valence-corrected chi connectivity index (χ0v) is 14.3. The van der Waals surface area contributed by atoms with Crippen molar-refractivity contribution < 1.29 is 8.42 Å². The van der Waals surface area contributed by atoms with Gasteiger partial charge >= 0.3 is 0 Å². The van der Waals surface area contributed by atoms with Gasteiger partial charge in [0.2, 0.25) is 10.0 Å². The second-order valence-corrected chi connectivity index (χ2v) is 8.22. The third-order valence-electron chi connectivity index (χ3n) is 4.27. The summed E-state index contributed by atoms with van der Waals surface area (Å²) in [5, 5.41) is 10.3. The maximum Gasteiger partial charge on any atom is 0.246 e. The lowest BCUT2D eigenvalue weighted by Crippen LogP contribution is -2.38. The van der Waals surface area contributed by atoms with Crippen LogP contribution in [0.1, 0.15) is 45.0 Å². The van der Waals surface area contributed by atoms with E-state index in [1.165, 1.54) is 4.31 Å². The van der Waals surface area contributed by atoms with Gasteiger partial charge in [0.15, 0.2) is 0 Å². The standard InChI is InChI=1S/C14H26N4O2S/c1-9(2)11(4)18(5)21(19,20)14-10(3)16-17-13(14)8-15-12-6-7-12/h9,11-12,15H,6-8H2,1-5H3,(H,16,17). The predicted octanol–water partition coefficient (Wildman–Crippen LogP) is 1.64. The molecule has 0 saturated heterocycles. The average Bonchev–Trinajstić information content (AvgIpc) is 3.16. The van der Waals surface area contributed by atoms with Crippen molar-refractivity contribution in [3.8, 4) is 0 Å². The molecule has 0 spiro atoms. The second-order valence-electron chi connectivity index (χ2n) is 6.29. The molecular weight excluding hydrogens is 288 g/mol. The van der Waals surface area contributed by atoms with E-state index in [-0.39, 0.29) is 12.0 Å². The van der Waals surface area contributed by atoms with Gasteiger partial charge in [0, 0.05) is 25.7 Å². The monoisotopic (exact) mass is 314 g/mol. The molecule has 1 saturated carbocycles. The Morgan fingerprint density at radius 1 is 1.38 bits per heavy atom. The number of sulfonamides is 1. The van der Waals surface area contributed by atoms with Crippen molar-refractivity contribution in [3.05, 3.63) is 11.4 Å². The fourth-order valence-electron chi connectivity index (χ4n) is 2.24. The number of hydrogen-bond donors (Lipinski definition) is 2. The van der Waals surface area contributed by atoms with Gasteiger partial charge in [0.05, 0.1) is 11.4 Å². The molecule has 1 fully saturated rings. The molecule has 1 heterocycles. The smallest absolute Gasteiger partial charge is 0.246 e. The van der Waals surface area contributed by atoms with Crippen LogP contribution in [0.3, 0.4) is 0 Å². The van der Waals surface area contributed by atoms with Crippen LogP contribution in [0.5, 0.6) is 0 Å². The Labute approximate surface area is 127 Å². The Bertz CT molecular complexity index is 590. The zero-order chi connectivity index (χ0) is 15.8. The SMILES string of the molecule is Cc1[nH]nc(CNC2CC2)c1S(=O)(=O)N(C)C(C)C(C)C. The van der Waals surface area contributed by atoms with Crippen molar-refractivity contribution >= 4 is 10.0 Å². The van der Waals surface area contributed by atoms with Gasteiger partial charge in [0.25, 0.3) is 0 Å². The van der Waals surface area contributed by atoms with E-state index in [0.717, 1.165) is 12.8 Å². The molecule has 7 heteroatoms. The molecule has 120 valence electrons. The van der Waals surface area contributed by atoms with Crippen LogP contribution >= 0.6 is 0 Å². The first kappa shape index (κ1) is 16.5. The van der Waals surface area contributed by atoms with E-state index in [1.807, 2.05) is 20.8 Å². The zero-order valence-electron chi connectivity index (χ0n) is 13.5. The van der Waals surface area contributed by atoms with Crippen molar-refractivity contribution in [1.29, 1.82) is 0 Å². The molecule has 0 amide bonds. The molecular formula is C14H26N4O2S. The highest BCUT2D eigenvalue weighted by atomic mass is 32.2. The summed E-state index contributed by atoms with van der Waals surface area (Å²) in [7, 11) is -1.89. The van der Waals surface area contributed by atoms with Gasteiger partial charge in [-0.05, 0) is 32.6 Å². The van der Waals surface area contributed by atoms with Gasteiger partial charge in [-0.1, -0.05) is 13.8 Å². The number of aryl methyl sites for hydroxylation is 1. The van der Waals surface area contributed by atoms with Crippen LogP contribution in [0.4, 0.5) is 0 Å². The van der Waals surface area contributed by atoms with E-state index < -0.39 is 10.0 Å². The van der Waals surface area contributed by atoms with E-state index in [9.17, 15) is 8.42 Å². The first-order chi connectivity index (χ1) is 9.75. The highest BCUT2D eigenvalue weighted by molar-refractivity contribution is 7.89. The van der Waals surface area contributed by atoms with Crippen LogP contribution in [0.2, 0.25) is 0 Å². The van der Waals surface area contributed by atoms with Crippen molar-refractivity contribution in [3.63, 3.8) is 0 Å². The summed E-state index contributed by atoms with van der Waals surface area (Å²) in [5.41, 5.74) is 1.19. The van der Waals surface area contributed by atoms with Crippen molar-refractivity contribution in [2.24, 2.45) is 5.92 Å². The van der Waals surface area contributed by atoms with Gasteiger partial charge in [-0.25, -0.2) is 8.42 Å². The number of nitrogens with zero attached hydrogens (tertiary/aromatic N) is 2. The summed E-state index contributed by atoms with van der Waals surface area (Å²) in [6.45, 7) is 8.23. The van der Waals surface area contributed by atoms with Gasteiger partial charge < -0.3 is 5.32 Å². The number of H-pyrrole nitrogens is 1.